The first kappa shape index (κ1) is 32.5. The van der Waals surface area contributed by atoms with Crippen LogP contribution in [-0.4, -0.2) is 70.3 Å². The highest BCUT2D eigenvalue weighted by molar-refractivity contribution is 6.05. The summed E-state index contributed by atoms with van der Waals surface area (Å²) in [5, 5.41) is 2.45. The molecule has 0 fully saturated rings. The number of methoxy groups -OCH3 is 1. The van der Waals surface area contributed by atoms with Crippen LogP contribution in [0.4, 0.5) is 21.9 Å². The zero-order chi connectivity index (χ0) is 31.6. The van der Waals surface area contributed by atoms with E-state index in [4.69, 9.17) is 14.2 Å². The number of ether oxygens (including phenoxy) is 3. The maximum absolute atomic E-state index is 13.5. The van der Waals surface area contributed by atoms with Crippen LogP contribution in [0.15, 0.2) is 78.9 Å². The van der Waals surface area contributed by atoms with Crippen molar-refractivity contribution in [2.24, 2.45) is 0 Å². The van der Waals surface area contributed by atoms with Crippen molar-refractivity contribution in [1.82, 2.24) is 5.32 Å². The average Bonchev–Trinajstić information content (AvgIpc) is 3.00. The second-order valence-corrected chi connectivity index (χ2v) is 10.5. The maximum Gasteiger partial charge on any atom is 0.408 e. The second kappa shape index (κ2) is 14.7. The molecule has 0 radical (unpaired) electrons. The normalized spacial score (nSPS) is 10.7. The van der Waals surface area contributed by atoms with Crippen molar-refractivity contribution in [2.45, 2.75) is 26.4 Å². The second-order valence-electron chi connectivity index (χ2n) is 10.5. The van der Waals surface area contributed by atoms with E-state index in [1.165, 1.54) is 14.7 Å². The van der Waals surface area contributed by atoms with Crippen LogP contribution in [0.5, 0.6) is 11.5 Å². The van der Waals surface area contributed by atoms with Crippen LogP contribution in [0.2, 0.25) is 0 Å². The summed E-state index contributed by atoms with van der Waals surface area (Å²) in [6.45, 7) is 3.97. The summed E-state index contributed by atoms with van der Waals surface area (Å²) in [5.41, 5.74) is 0.750. The predicted octanol–water partition coefficient (Wildman–Crippen LogP) is 4.26. The molecule has 11 heteroatoms. The van der Waals surface area contributed by atoms with E-state index in [2.05, 4.69) is 5.32 Å². The maximum atomic E-state index is 13.5. The molecule has 0 aliphatic carbocycles. The van der Waals surface area contributed by atoms with E-state index in [-0.39, 0.29) is 36.4 Å². The molecular formula is C32H38N4O7. The van der Waals surface area contributed by atoms with E-state index < -0.39 is 24.1 Å². The Hall–Kier alpha value is -5.06. The number of hydrogen-bond donors (Lipinski definition) is 1. The summed E-state index contributed by atoms with van der Waals surface area (Å²) < 4.78 is 16.4. The van der Waals surface area contributed by atoms with Crippen molar-refractivity contribution in [1.29, 1.82) is 0 Å². The molecule has 3 rings (SSSR count). The third-order valence-electron chi connectivity index (χ3n) is 6.22. The number of amides is 4. The Morgan fingerprint density at radius 3 is 2.07 bits per heavy atom. The summed E-state index contributed by atoms with van der Waals surface area (Å²) in [6, 6.07) is 22.6. The minimum absolute atomic E-state index is 0.204. The van der Waals surface area contributed by atoms with Crippen molar-refractivity contribution in [3.8, 4) is 11.5 Å². The topological polar surface area (TPSA) is 118 Å². The lowest BCUT2D eigenvalue weighted by Crippen LogP contribution is -2.46. The van der Waals surface area contributed by atoms with Gasteiger partial charge in [0, 0.05) is 31.5 Å². The minimum atomic E-state index is -0.774. The van der Waals surface area contributed by atoms with Gasteiger partial charge in [0.2, 0.25) is 11.8 Å². The van der Waals surface area contributed by atoms with Crippen LogP contribution in [0, 0.1) is 0 Å². The lowest BCUT2D eigenvalue weighted by Gasteiger charge is -2.27. The Balaban J connectivity index is 1.83. The van der Waals surface area contributed by atoms with Gasteiger partial charge in [0.15, 0.2) is 6.61 Å². The standard InChI is InChI=1S/C32H38N4O7/c1-32(2,3)43-31(40)33-20-28(37)36(21-29(38)34(4)23-13-8-7-9-14-23)26-17-10-11-18-27(26)42-22-30(39)35(5)24-15-12-16-25(19-24)41-6/h7-19H,20-22H2,1-6H3,(H,33,40). The lowest BCUT2D eigenvalue weighted by atomic mass is 10.2. The molecule has 228 valence electrons. The number of alkyl carbamates (subject to hydrolysis) is 1. The van der Waals surface area contributed by atoms with E-state index in [0.717, 1.165) is 0 Å². The van der Waals surface area contributed by atoms with E-state index in [9.17, 15) is 19.2 Å². The Labute approximate surface area is 251 Å². The molecule has 0 unspecified atom stereocenters. The largest absolute Gasteiger partial charge is 0.497 e. The third kappa shape index (κ3) is 9.49. The number of nitrogens with one attached hydrogen (secondary N) is 1. The van der Waals surface area contributed by atoms with Crippen molar-refractivity contribution >= 4 is 40.9 Å². The smallest absolute Gasteiger partial charge is 0.408 e. The highest BCUT2D eigenvalue weighted by Crippen LogP contribution is 2.29. The monoisotopic (exact) mass is 590 g/mol. The fourth-order valence-electron chi connectivity index (χ4n) is 3.90. The Morgan fingerprint density at radius 2 is 1.40 bits per heavy atom. The number of benzene rings is 3. The van der Waals surface area contributed by atoms with Gasteiger partial charge in [-0.25, -0.2) is 4.79 Å². The number of anilines is 3. The quantitative estimate of drug-likeness (QED) is 0.355. The summed E-state index contributed by atoms with van der Waals surface area (Å²) in [4.78, 5) is 56.2. The fourth-order valence-corrected chi connectivity index (χ4v) is 3.90. The average molecular weight is 591 g/mol. The first-order valence-electron chi connectivity index (χ1n) is 13.6. The molecule has 0 aliphatic rings. The number of hydrogen-bond acceptors (Lipinski definition) is 7. The fraction of sp³-hybridized carbons (Fsp3) is 0.312. The molecule has 0 spiro atoms. The molecular weight excluding hydrogens is 552 g/mol. The highest BCUT2D eigenvalue weighted by atomic mass is 16.6. The zero-order valence-electron chi connectivity index (χ0n) is 25.3. The van der Waals surface area contributed by atoms with Crippen LogP contribution < -0.4 is 29.5 Å². The molecule has 43 heavy (non-hydrogen) atoms. The van der Waals surface area contributed by atoms with Crippen LogP contribution in [0.1, 0.15) is 20.8 Å². The lowest BCUT2D eigenvalue weighted by molar-refractivity contribution is -0.122. The molecule has 0 aromatic heterocycles. The van der Waals surface area contributed by atoms with Gasteiger partial charge in [-0.2, -0.15) is 0 Å². The number of rotatable bonds is 11. The Bertz CT molecular complexity index is 1420. The van der Waals surface area contributed by atoms with Gasteiger partial charge in [-0.05, 0) is 57.2 Å². The minimum Gasteiger partial charge on any atom is -0.497 e. The van der Waals surface area contributed by atoms with Gasteiger partial charge in [-0.15, -0.1) is 0 Å². The molecule has 0 atom stereocenters. The Kier molecular flexibility index (Phi) is 11.1. The van der Waals surface area contributed by atoms with Gasteiger partial charge >= 0.3 is 6.09 Å². The summed E-state index contributed by atoms with van der Waals surface area (Å²) in [7, 11) is 4.76. The molecule has 0 aliphatic heterocycles. The summed E-state index contributed by atoms with van der Waals surface area (Å²) >= 11 is 0. The molecule has 0 bridgehead atoms. The summed E-state index contributed by atoms with van der Waals surface area (Å²) in [6.07, 6.45) is -0.774. The number of likely N-dealkylation sites (N-methyl/N-ethyl adjacent to an activating group) is 2. The number of nitrogens with zero attached hydrogens (tertiary/aromatic N) is 3. The first-order chi connectivity index (χ1) is 20.4. The number of para-hydroxylation sites is 3. The van der Waals surface area contributed by atoms with Crippen LogP contribution >= 0.6 is 0 Å². The van der Waals surface area contributed by atoms with Gasteiger partial charge in [0.1, 0.15) is 30.2 Å². The van der Waals surface area contributed by atoms with Gasteiger partial charge < -0.3 is 29.3 Å². The predicted molar refractivity (Wildman–Crippen MR) is 165 cm³/mol. The van der Waals surface area contributed by atoms with Crippen LogP contribution in [0.3, 0.4) is 0 Å². The van der Waals surface area contributed by atoms with Gasteiger partial charge in [-0.1, -0.05) is 36.4 Å². The van der Waals surface area contributed by atoms with Crippen LogP contribution in [0.25, 0.3) is 0 Å². The van der Waals surface area contributed by atoms with Crippen molar-refractivity contribution in [3.05, 3.63) is 78.9 Å². The molecule has 0 saturated carbocycles. The van der Waals surface area contributed by atoms with Crippen molar-refractivity contribution < 1.29 is 33.4 Å². The third-order valence-corrected chi connectivity index (χ3v) is 6.22. The SMILES string of the molecule is COc1cccc(N(C)C(=O)COc2ccccc2N(CC(=O)N(C)c2ccccc2)C(=O)CNC(=O)OC(C)(C)C)c1. The Morgan fingerprint density at radius 1 is 0.767 bits per heavy atom. The van der Waals surface area contributed by atoms with Crippen molar-refractivity contribution in [3.63, 3.8) is 0 Å². The number of carbonyl (C=O) groups excluding carboxylic acids is 4. The van der Waals surface area contributed by atoms with E-state index >= 15 is 0 Å². The first-order valence-corrected chi connectivity index (χ1v) is 13.6. The van der Waals surface area contributed by atoms with Gasteiger partial charge in [0.25, 0.3) is 5.91 Å². The van der Waals surface area contributed by atoms with Gasteiger partial charge in [-0.3, -0.25) is 19.3 Å². The molecule has 4 amide bonds. The molecule has 3 aromatic carbocycles. The number of carbonyl (C=O) groups is 4. The summed E-state index contributed by atoms with van der Waals surface area (Å²) in [5.74, 6) is -0.525. The molecule has 11 nitrogen and oxygen atoms in total. The van der Waals surface area contributed by atoms with E-state index in [1.807, 2.05) is 6.07 Å². The molecule has 0 saturated heterocycles. The van der Waals surface area contributed by atoms with Crippen molar-refractivity contribution in [2.75, 3.05) is 55.6 Å². The zero-order valence-corrected chi connectivity index (χ0v) is 25.3. The van der Waals surface area contributed by atoms with E-state index in [0.29, 0.717) is 17.1 Å². The molecule has 1 N–H and O–H groups in total. The van der Waals surface area contributed by atoms with E-state index in [1.54, 1.807) is 115 Å². The molecule has 3 aromatic rings. The van der Waals surface area contributed by atoms with Crippen LogP contribution in [-0.2, 0) is 19.1 Å². The highest BCUT2D eigenvalue weighted by Gasteiger charge is 2.26. The van der Waals surface area contributed by atoms with Gasteiger partial charge in [0.05, 0.1) is 12.8 Å². The molecule has 0 heterocycles.